The SMILES string of the molecule is O=C(NCCCCI)Nc1ccc(Cc2ccc(NC(=O)NCCCCI)cc2)cc1. The first-order valence-corrected chi connectivity index (χ1v) is 13.6. The van der Waals surface area contributed by atoms with Crippen LogP contribution in [0.2, 0.25) is 0 Å². The summed E-state index contributed by atoms with van der Waals surface area (Å²) in [5.74, 6) is 0. The first kappa shape index (κ1) is 25.7. The van der Waals surface area contributed by atoms with Gasteiger partial charge in [-0.3, -0.25) is 0 Å². The molecule has 0 fully saturated rings. The van der Waals surface area contributed by atoms with Gasteiger partial charge in [0.15, 0.2) is 0 Å². The number of urea groups is 2. The van der Waals surface area contributed by atoms with Crippen LogP contribution in [0.3, 0.4) is 0 Å². The number of hydrogen-bond donors (Lipinski definition) is 4. The number of anilines is 2. The van der Waals surface area contributed by atoms with Crippen molar-refractivity contribution in [3.63, 3.8) is 0 Å². The zero-order valence-corrected chi connectivity index (χ0v) is 21.9. The Morgan fingerprint density at radius 1 is 0.613 bits per heavy atom. The van der Waals surface area contributed by atoms with Gasteiger partial charge in [0.1, 0.15) is 0 Å². The van der Waals surface area contributed by atoms with Crippen molar-refractivity contribution in [1.29, 1.82) is 0 Å². The second-order valence-corrected chi connectivity index (χ2v) is 9.28. The third kappa shape index (κ3) is 11.0. The highest BCUT2D eigenvalue weighted by molar-refractivity contribution is 14.1. The Bertz CT molecular complexity index is 731. The minimum atomic E-state index is -0.168. The normalized spacial score (nSPS) is 10.4. The predicted octanol–water partition coefficient (Wildman–Crippen LogP) is 5.95. The lowest BCUT2D eigenvalue weighted by atomic mass is 10.0. The first-order valence-electron chi connectivity index (χ1n) is 10.5. The highest BCUT2D eigenvalue weighted by atomic mass is 127. The van der Waals surface area contributed by atoms with E-state index in [0.717, 1.165) is 63.5 Å². The fourth-order valence-corrected chi connectivity index (χ4v) is 3.92. The van der Waals surface area contributed by atoms with Crippen LogP contribution in [0.25, 0.3) is 0 Å². The number of benzene rings is 2. The van der Waals surface area contributed by atoms with E-state index < -0.39 is 0 Å². The largest absolute Gasteiger partial charge is 0.338 e. The number of unbranched alkanes of at least 4 members (excludes halogenated alkanes) is 2. The average Bonchev–Trinajstić information content (AvgIpc) is 2.77. The second kappa shape index (κ2) is 15.3. The molecule has 2 aromatic carbocycles. The van der Waals surface area contributed by atoms with Crippen LogP contribution in [0.5, 0.6) is 0 Å². The molecule has 2 aromatic rings. The van der Waals surface area contributed by atoms with Crippen LogP contribution in [0, 0.1) is 0 Å². The van der Waals surface area contributed by atoms with E-state index in [4.69, 9.17) is 0 Å². The molecule has 0 radical (unpaired) electrons. The number of carbonyl (C=O) groups is 2. The molecule has 0 bridgehead atoms. The molecule has 8 heteroatoms. The van der Waals surface area contributed by atoms with Crippen molar-refractivity contribution in [3.8, 4) is 0 Å². The molecule has 31 heavy (non-hydrogen) atoms. The zero-order valence-electron chi connectivity index (χ0n) is 17.6. The van der Waals surface area contributed by atoms with Crippen LogP contribution in [-0.2, 0) is 6.42 Å². The number of halogens is 2. The number of carbonyl (C=O) groups excluding carboxylic acids is 2. The van der Waals surface area contributed by atoms with Gasteiger partial charge >= 0.3 is 12.1 Å². The van der Waals surface area contributed by atoms with Gasteiger partial charge in [0, 0.05) is 24.5 Å². The Morgan fingerprint density at radius 3 is 1.35 bits per heavy atom. The topological polar surface area (TPSA) is 82.3 Å². The van der Waals surface area contributed by atoms with E-state index in [1.807, 2.05) is 48.5 Å². The summed E-state index contributed by atoms with van der Waals surface area (Å²) < 4.78 is 2.21. The summed E-state index contributed by atoms with van der Waals surface area (Å²) >= 11 is 4.68. The van der Waals surface area contributed by atoms with E-state index >= 15 is 0 Å². The lowest BCUT2D eigenvalue weighted by Gasteiger charge is -2.09. The standard InChI is InChI=1S/C23H30I2N4O2/c24-13-1-3-15-26-22(30)28-20-9-5-18(6-10-20)17-19-7-11-21(12-8-19)29-23(31)27-16-4-2-14-25/h5-12H,1-4,13-17H2,(H2,26,28,30)(H2,27,29,31). The molecule has 0 aliphatic carbocycles. The smallest absolute Gasteiger partial charge is 0.319 e. The van der Waals surface area contributed by atoms with Crippen molar-refractivity contribution in [2.75, 3.05) is 32.6 Å². The summed E-state index contributed by atoms with van der Waals surface area (Å²) in [6, 6.07) is 15.4. The quantitative estimate of drug-likeness (QED) is 0.130. The van der Waals surface area contributed by atoms with Gasteiger partial charge in [-0.15, -0.1) is 0 Å². The minimum Gasteiger partial charge on any atom is -0.338 e. The van der Waals surface area contributed by atoms with Crippen LogP contribution in [0.15, 0.2) is 48.5 Å². The second-order valence-electron chi connectivity index (χ2n) is 7.12. The van der Waals surface area contributed by atoms with Crippen LogP contribution in [-0.4, -0.2) is 34.0 Å². The van der Waals surface area contributed by atoms with Crippen LogP contribution < -0.4 is 21.3 Å². The lowest BCUT2D eigenvalue weighted by molar-refractivity contribution is 0.251. The lowest BCUT2D eigenvalue weighted by Crippen LogP contribution is -2.29. The maximum atomic E-state index is 11.9. The summed E-state index contributed by atoms with van der Waals surface area (Å²) in [5.41, 5.74) is 3.86. The van der Waals surface area contributed by atoms with Gasteiger partial charge < -0.3 is 21.3 Å². The molecule has 0 aliphatic rings. The van der Waals surface area contributed by atoms with E-state index in [2.05, 4.69) is 66.4 Å². The molecule has 0 atom stereocenters. The van der Waals surface area contributed by atoms with E-state index in [1.54, 1.807) is 0 Å². The summed E-state index contributed by atoms with van der Waals surface area (Å²) in [7, 11) is 0. The summed E-state index contributed by atoms with van der Waals surface area (Å²) in [6.07, 6.45) is 4.99. The van der Waals surface area contributed by atoms with Crippen molar-refractivity contribution in [2.24, 2.45) is 0 Å². The van der Waals surface area contributed by atoms with Gasteiger partial charge in [-0.25, -0.2) is 9.59 Å². The molecule has 0 unspecified atom stereocenters. The third-order valence-electron chi connectivity index (χ3n) is 4.52. The Balaban J connectivity index is 1.76. The molecule has 0 aliphatic heterocycles. The molecule has 0 heterocycles. The van der Waals surface area contributed by atoms with E-state index in [1.165, 1.54) is 0 Å². The Kier molecular flexibility index (Phi) is 12.7. The number of alkyl halides is 2. The van der Waals surface area contributed by atoms with Gasteiger partial charge in [0.25, 0.3) is 0 Å². The molecule has 4 N–H and O–H groups in total. The van der Waals surface area contributed by atoms with Crippen LogP contribution in [0.4, 0.5) is 21.0 Å². The molecule has 0 aromatic heterocycles. The van der Waals surface area contributed by atoms with Crippen molar-refractivity contribution in [1.82, 2.24) is 10.6 Å². The maximum absolute atomic E-state index is 11.9. The summed E-state index contributed by atoms with van der Waals surface area (Å²) in [4.78, 5) is 23.8. The molecule has 4 amide bonds. The van der Waals surface area contributed by atoms with Gasteiger partial charge in [0.05, 0.1) is 0 Å². The number of rotatable bonds is 12. The Hall–Kier alpha value is -1.56. The molecule has 0 saturated heterocycles. The Labute approximate surface area is 212 Å². The molecular weight excluding hydrogens is 618 g/mol. The minimum absolute atomic E-state index is 0.168. The number of amides is 4. The van der Waals surface area contributed by atoms with Crippen LogP contribution in [0.1, 0.15) is 36.8 Å². The molecule has 2 rings (SSSR count). The highest BCUT2D eigenvalue weighted by Gasteiger charge is 2.04. The number of hydrogen-bond acceptors (Lipinski definition) is 2. The van der Waals surface area contributed by atoms with Crippen molar-refractivity contribution < 1.29 is 9.59 Å². The van der Waals surface area contributed by atoms with E-state index in [9.17, 15) is 9.59 Å². The van der Waals surface area contributed by atoms with Crippen molar-refractivity contribution >= 4 is 68.6 Å². The molecule has 0 spiro atoms. The zero-order chi connectivity index (χ0) is 22.3. The van der Waals surface area contributed by atoms with Crippen molar-refractivity contribution in [2.45, 2.75) is 32.1 Å². The monoisotopic (exact) mass is 648 g/mol. The highest BCUT2D eigenvalue weighted by Crippen LogP contribution is 2.16. The average molecular weight is 648 g/mol. The fraction of sp³-hybridized carbons (Fsp3) is 0.391. The van der Waals surface area contributed by atoms with Gasteiger partial charge in [-0.1, -0.05) is 69.4 Å². The third-order valence-corrected chi connectivity index (χ3v) is 6.05. The summed E-state index contributed by atoms with van der Waals surface area (Å²) in [5, 5.41) is 11.5. The van der Waals surface area contributed by atoms with E-state index in [-0.39, 0.29) is 12.1 Å². The molecular formula is C23H30I2N4O2. The molecule has 168 valence electrons. The van der Waals surface area contributed by atoms with Crippen molar-refractivity contribution in [3.05, 3.63) is 59.7 Å². The fourth-order valence-electron chi connectivity index (χ4n) is 2.84. The first-order chi connectivity index (χ1) is 15.1. The van der Waals surface area contributed by atoms with Gasteiger partial charge in [-0.2, -0.15) is 0 Å². The van der Waals surface area contributed by atoms with Crippen LogP contribution >= 0.6 is 45.2 Å². The molecule has 6 nitrogen and oxygen atoms in total. The predicted molar refractivity (Wildman–Crippen MR) is 146 cm³/mol. The maximum Gasteiger partial charge on any atom is 0.319 e. The number of nitrogens with one attached hydrogen (secondary N) is 4. The summed E-state index contributed by atoms with van der Waals surface area (Å²) in [6.45, 7) is 1.38. The Morgan fingerprint density at radius 2 is 1.00 bits per heavy atom. The van der Waals surface area contributed by atoms with Gasteiger partial charge in [0.2, 0.25) is 0 Å². The van der Waals surface area contributed by atoms with E-state index in [0.29, 0.717) is 13.1 Å². The molecule has 0 saturated carbocycles. The van der Waals surface area contributed by atoms with Gasteiger partial charge in [-0.05, 0) is 76.4 Å².